The summed E-state index contributed by atoms with van der Waals surface area (Å²) in [5, 5.41) is 0.297. The van der Waals surface area contributed by atoms with Crippen molar-refractivity contribution < 1.29 is 9.53 Å². The number of thiocarbonyl (C=S) groups is 1. The van der Waals surface area contributed by atoms with Gasteiger partial charge >= 0.3 is 0 Å². The first-order valence-electron chi connectivity index (χ1n) is 9.59. The van der Waals surface area contributed by atoms with Crippen molar-refractivity contribution >= 4 is 46.8 Å². The number of hydrogen-bond acceptors (Lipinski definition) is 5. The molecule has 2 heterocycles. The van der Waals surface area contributed by atoms with Crippen molar-refractivity contribution in [3.63, 3.8) is 0 Å². The summed E-state index contributed by atoms with van der Waals surface area (Å²) in [5.41, 5.74) is 1.40. The van der Waals surface area contributed by atoms with Gasteiger partial charge in [-0.3, -0.25) is 9.69 Å². The number of ether oxygens (including phenoxy) is 1. The molecule has 0 spiro atoms. The van der Waals surface area contributed by atoms with E-state index in [1.807, 2.05) is 0 Å². The fraction of sp³-hybridized carbons (Fsp3) is 0.524. The van der Waals surface area contributed by atoms with Gasteiger partial charge in [-0.15, -0.1) is 0 Å². The Hall–Kier alpha value is -0.980. The quantitative estimate of drug-likeness (QED) is 0.298. The maximum Gasteiger partial charge on any atom is 0.298 e. The molecule has 0 aliphatic carbocycles. The first kappa shape index (κ1) is 20.7. The van der Waals surface area contributed by atoms with Crippen molar-refractivity contribution in [3.05, 3.63) is 33.8 Å². The number of benzene rings is 1. The molecule has 1 amide bonds. The Bertz CT molecular complexity index is 780. The molecule has 1 saturated heterocycles. The van der Waals surface area contributed by atoms with E-state index in [0.29, 0.717) is 17.5 Å². The molecule has 1 aromatic carbocycles. The molecule has 0 bridgehead atoms. The minimum atomic E-state index is -0.0886. The molecule has 6 heteroatoms. The molecule has 0 aromatic heterocycles. The van der Waals surface area contributed by atoms with Crippen molar-refractivity contribution in [2.24, 2.45) is 0 Å². The summed E-state index contributed by atoms with van der Waals surface area (Å²) in [6.45, 7) is 9.48. The van der Waals surface area contributed by atoms with Gasteiger partial charge in [-0.25, -0.2) is 0 Å². The zero-order valence-corrected chi connectivity index (χ0v) is 18.9. The van der Waals surface area contributed by atoms with Crippen LogP contribution in [0.4, 0.5) is 0 Å². The van der Waals surface area contributed by atoms with E-state index in [2.05, 4.69) is 45.9 Å². The smallest absolute Gasteiger partial charge is 0.298 e. The predicted molar refractivity (Wildman–Crippen MR) is 118 cm³/mol. The molecule has 0 unspecified atom stereocenters. The molecule has 0 N–H and O–H groups in total. The third-order valence-electron chi connectivity index (χ3n) is 4.73. The zero-order valence-electron chi connectivity index (χ0n) is 16.5. The number of rotatable bonds is 6. The van der Waals surface area contributed by atoms with Crippen LogP contribution in [0.2, 0.25) is 0 Å². The third kappa shape index (κ3) is 4.72. The van der Waals surface area contributed by atoms with Crippen molar-refractivity contribution in [3.8, 4) is 0 Å². The highest BCUT2D eigenvalue weighted by molar-refractivity contribution is 8.24. The number of carbonyl (C=O) groups excluding carboxylic acids is 1. The van der Waals surface area contributed by atoms with Gasteiger partial charge in [0.25, 0.3) is 11.1 Å². The van der Waals surface area contributed by atoms with Gasteiger partial charge in [0.1, 0.15) is 0 Å². The van der Waals surface area contributed by atoms with Crippen LogP contribution in [0.25, 0.3) is 0 Å². The Labute approximate surface area is 176 Å². The van der Waals surface area contributed by atoms with Crippen LogP contribution in [0.3, 0.4) is 0 Å². The summed E-state index contributed by atoms with van der Waals surface area (Å²) in [5.74, 6) is 0.311. The predicted octanol–water partition coefficient (Wildman–Crippen LogP) is 6.47. The normalized spacial score (nSPS) is 19.6. The second-order valence-electron chi connectivity index (χ2n) is 7.97. The highest BCUT2D eigenvalue weighted by atomic mass is 32.2. The third-order valence-corrected chi connectivity index (χ3v) is 7.54. The summed E-state index contributed by atoms with van der Waals surface area (Å²) in [7, 11) is 0. The summed E-state index contributed by atoms with van der Waals surface area (Å²) in [4.78, 5) is 16.8. The van der Waals surface area contributed by atoms with Gasteiger partial charge in [0, 0.05) is 16.3 Å². The summed E-state index contributed by atoms with van der Waals surface area (Å²) >= 11 is 8.54. The maximum absolute atomic E-state index is 12.8. The van der Waals surface area contributed by atoms with Crippen LogP contribution in [0, 0.1) is 0 Å². The van der Waals surface area contributed by atoms with E-state index in [-0.39, 0.29) is 11.3 Å². The van der Waals surface area contributed by atoms with Crippen LogP contribution in [-0.4, -0.2) is 22.5 Å². The van der Waals surface area contributed by atoms with E-state index in [9.17, 15) is 4.79 Å². The highest BCUT2D eigenvalue weighted by Gasteiger charge is 2.38. The van der Waals surface area contributed by atoms with E-state index in [1.54, 1.807) is 28.4 Å². The molecule has 0 radical (unpaired) electrons. The Morgan fingerprint density at radius 2 is 1.78 bits per heavy atom. The van der Waals surface area contributed by atoms with Crippen molar-refractivity contribution in [1.29, 1.82) is 0 Å². The van der Waals surface area contributed by atoms with E-state index < -0.39 is 0 Å². The largest absolute Gasteiger partial charge is 0.424 e. The fourth-order valence-corrected chi connectivity index (χ4v) is 5.74. The summed E-state index contributed by atoms with van der Waals surface area (Å²) in [6.07, 6.45) is 5.75. The van der Waals surface area contributed by atoms with E-state index in [4.69, 9.17) is 17.0 Å². The average Bonchev–Trinajstić information content (AvgIpc) is 3.15. The second-order valence-corrected chi connectivity index (χ2v) is 10.7. The van der Waals surface area contributed by atoms with E-state index >= 15 is 0 Å². The first-order chi connectivity index (χ1) is 12.8. The van der Waals surface area contributed by atoms with Crippen molar-refractivity contribution in [2.45, 2.75) is 75.0 Å². The number of thioether (sulfide) groups is 2. The monoisotopic (exact) mass is 421 g/mol. The Balaban J connectivity index is 1.70. The van der Waals surface area contributed by atoms with Crippen LogP contribution in [0.5, 0.6) is 0 Å². The SMILES string of the molecule is CCCCCCCN1C(=O)C(=C2Sc3ccc(C(C)(C)C)cc3S2)OC1=S. The Morgan fingerprint density at radius 1 is 1.07 bits per heavy atom. The van der Waals surface area contributed by atoms with Crippen molar-refractivity contribution in [2.75, 3.05) is 6.54 Å². The number of carbonyl (C=O) groups is 1. The van der Waals surface area contributed by atoms with Gasteiger partial charge in [0.05, 0.1) is 4.24 Å². The lowest BCUT2D eigenvalue weighted by molar-refractivity contribution is -0.123. The van der Waals surface area contributed by atoms with Crippen LogP contribution in [-0.2, 0) is 14.9 Å². The topological polar surface area (TPSA) is 29.5 Å². The molecule has 2 aliphatic heterocycles. The van der Waals surface area contributed by atoms with E-state index in [1.165, 1.54) is 34.6 Å². The molecule has 3 nitrogen and oxygen atoms in total. The Kier molecular flexibility index (Phi) is 6.59. The lowest BCUT2D eigenvalue weighted by Gasteiger charge is -2.19. The fourth-order valence-electron chi connectivity index (χ4n) is 3.04. The Morgan fingerprint density at radius 3 is 2.48 bits per heavy atom. The highest BCUT2D eigenvalue weighted by Crippen LogP contribution is 2.53. The molecular weight excluding hydrogens is 394 g/mol. The summed E-state index contributed by atoms with van der Waals surface area (Å²) in [6, 6.07) is 6.54. The standard InChI is InChI=1S/C21H27NO2S3/c1-5-6-7-8-9-12-22-18(23)17(24-20(22)25)19-26-15-11-10-14(21(2,3)4)13-16(15)27-19/h10-11,13H,5-9,12H2,1-4H3. The van der Waals surface area contributed by atoms with Gasteiger partial charge in [0.15, 0.2) is 0 Å². The van der Waals surface area contributed by atoms with Gasteiger partial charge in [0.2, 0.25) is 5.76 Å². The molecule has 0 saturated carbocycles. The van der Waals surface area contributed by atoms with Gasteiger partial charge in [-0.05, 0) is 41.7 Å². The number of amides is 1. The number of nitrogens with zero attached hydrogens (tertiary/aromatic N) is 1. The molecule has 27 heavy (non-hydrogen) atoms. The molecular formula is C21H27NO2S3. The lowest BCUT2D eigenvalue weighted by atomic mass is 9.87. The molecule has 1 aromatic rings. The number of unbranched alkanes of at least 4 members (excludes halogenated alkanes) is 4. The van der Waals surface area contributed by atoms with Crippen LogP contribution >= 0.6 is 35.7 Å². The molecule has 146 valence electrons. The van der Waals surface area contributed by atoms with Gasteiger partial charge < -0.3 is 4.74 Å². The van der Waals surface area contributed by atoms with Gasteiger partial charge in [-0.1, -0.05) is 83.0 Å². The molecule has 2 aliphatic rings. The molecule has 1 fully saturated rings. The minimum Gasteiger partial charge on any atom is -0.424 e. The van der Waals surface area contributed by atoms with Crippen LogP contribution < -0.4 is 0 Å². The van der Waals surface area contributed by atoms with Crippen LogP contribution in [0.15, 0.2) is 38.0 Å². The number of fused-ring (bicyclic) bond motifs is 1. The zero-order chi connectivity index (χ0) is 19.6. The second kappa shape index (κ2) is 8.58. The number of hydrogen-bond donors (Lipinski definition) is 0. The molecule has 0 atom stereocenters. The first-order valence-corrected chi connectivity index (χ1v) is 11.6. The minimum absolute atomic E-state index is 0.0886. The van der Waals surface area contributed by atoms with Gasteiger partial charge in [-0.2, -0.15) is 0 Å². The average molecular weight is 422 g/mol. The summed E-state index contributed by atoms with van der Waals surface area (Å²) < 4.78 is 6.62. The van der Waals surface area contributed by atoms with E-state index in [0.717, 1.165) is 17.1 Å². The van der Waals surface area contributed by atoms with Crippen LogP contribution in [0.1, 0.15) is 65.4 Å². The maximum atomic E-state index is 12.8. The molecule has 3 rings (SSSR count). The lowest BCUT2D eigenvalue weighted by Crippen LogP contribution is -2.29. The van der Waals surface area contributed by atoms with Crippen molar-refractivity contribution in [1.82, 2.24) is 4.90 Å².